The third-order valence-corrected chi connectivity index (χ3v) is 4.37. The van der Waals surface area contributed by atoms with E-state index in [1.165, 1.54) is 12.1 Å². The maximum Gasteiger partial charge on any atom is 0.416 e. The predicted molar refractivity (Wildman–Crippen MR) is 91.1 cm³/mol. The molecule has 2 heterocycles. The molecule has 4 rings (SSSR count). The Morgan fingerprint density at radius 3 is 2.59 bits per heavy atom. The molecule has 1 atom stereocenters. The maximum atomic E-state index is 12.7. The summed E-state index contributed by atoms with van der Waals surface area (Å²) in [6.07, 6.45) is -3.62. The monoisotopic (exact) mass is 376 g/mol. The molecule has 27 heavy (non-hydrogen) atoms. The topological polar surface area (TPSA) is 64.4 Å². The molecule has 0 saturated carbocycles. The first-order valence-corrected chi connectivity index (χ1v) is 8.37. The van der Waals surface area contributed by atoms with Crippen molar-refractivity contribution in [3.05, 3.63) is 53.6 Å². The molecule has 1 aromatic heterocycles. The van der Waals surface area contributed by atoms with Crippen LogP contribution in [0.4, 0.5) is 13.2 Å². The summed E-state index contributed by atoms with van der Waals surface area (Å²) in [7, 11) is 0. The number of aromatic nitrogens is 1. The molecule has 0 unspecified atom stereocenters. The highest BCUT2D eigenvalue weighted by Crippen LogP contribution is 2.31. The van der Waals surface area contributed by atoms with Crippen LogP contribution in [0, 0.1) is 0 Å². The molecule has 140 valence electrons. The largest absolute Gasteiger partial charge is 0.436 e. The highest BCUT2D eigenvalue weighted by molar-refractivity contribution is 5.97. The van der Waals surface area contributed by atoms with Gasteiger partial charge in [0.15, 0.2) is 5.58 Å². The lowest BCUT2D eigenvalue weighted by Crippen LogP contribution is -2.34. The van der Waals surface area contributed by atoms with Crippen molar-refractivity contribution < 1.29 is 27.1 Å². The third-order valence-electron chi connectivity index (χ3n) is 4.37. The number of rotatable bonds is 3. The van der Waals surface area contributed by atoms with Gasteiger partial charge in [-0.2, -0.15) is 13.2 Å². The average Bonchev–Trinajstić information content (AvgIpc) is 3.29. The van der Waals surface area contributed by atoms with Crippen molar-refractivity contribution in [2.45, 2.75) is 18.6 Å². The van der Waals surface area contributed by atoms with Crippen LogP contribution >= 0.6 is 0 Å². The summed E-state index contributed by atoms with van der Waals surface area (Å²) in [5.74, 6) is -0.0352. The summed E-state index contributed by atoms with van der Waals surface area (Å²) in [5.41, 5.74) is 1.03. The Morgan fingerprint density at radius 2 is 1.93 bits per heavy atom. The van der Waals surface area contributed by atoms with E-state index in [2.05, 4.69) is 10.3 Å². The molecule has 1 aliphatic rings. The van der Waals surface area contributed by atoms with Gasteiger partial charge in [0.1, 0.15) is 5.52 Å². The average molecular weight is 376 g/mol. The van der Waals surface area contributed by atoms with E-state index in [4.69, 9.17) is 9.15 Å². The Kier molecular flexibility index (Phi) is 4.35. The molecule has 1 N–H and O–H groups in total. The van der Waals surface area contributed by atoms with E-state index in [-0.39, 0.29) is 17.8 Å². The fourth-order valence-electron chi connectivity index (χ4n) is 2.91. The minimum absolute atomic E-state index is 0.00628. The van der Waals surface area contributed by atoms with Crippen LogP contribution in [0.3, 0.4) is 0 Å². The van der Waals surface area contributed by atoms with E-state index in [0.29, 0.717) is 35.4 Å². The van der Waals surface area contributed by atoms with Crippen LogP contribution in [0.5, 0.6) is 0 Å². The summed E-state index contributed by atoms with van der Waals surface area (Å²) >= 11 is 0. The van der Waals surface area contributed by atoms with Crippen molar-refractivity contribution in [1.82, 2.24) is 10.3 Å². The van der Waals surface area contributed by atoms with Crippen molar-refractivity contribution in [2.24, 2.45) is 0 Å². The fraction of sp³-hybridized carbons (Fsp3) is 0.263. The molecule has 2 aromatic carbocycles. The smallest absolute Gasteiger partial charge is 0.416 e. The number of halogens is 3. The van der Waals surface area contributed by atoms with E-state index in [9.17, 15) is 18.0 Å². The Morgan fingerprint density at radius 1 is 1.15 bits per heavy atom. The Hall–Kier alpha value is -2.87. The second-order valence-corrected chi connectivity index (χ2v) is 6.31. The molecule has 8 heteroatoms. The molecule has 1 aliphatic heterocycles. The van der Waals surface area contributed by atoms with Crippen LogP contribution in [-0.2, 0) is 10.9 Å². The number of amides is 1. The number of hydrogen-bond acceptors (Lipinski definition) is 4. The number of nitrogens with zero attached hydrogens (tertiary/aromatic N) is 1. The second kappa shape index (κ2) is 6.70. The molecule has 5 nitrogen and oxygen atoms in total. The molecule has 0 aliphatic carbocycles. The standard InChI is InChI=1S/C19H15F3N2O3/c20-19(21,22)13-4-1-11(2-5-13)18-24-15-9-12(3-6-16(15)27-18)17(25)23-14-7-8-26-10-14/h1-6,9,14H,7-8,10H2,(H,23,25)/t14-/m0/s1. The van der Waals surface area contributed by atoms with Gasteiger partial charge in [-0.05, 0) is 48.9 Å². The van der Waals surface area contributed by atoms with Crippen LogP contribution in [-0.4, -0.2) is 30.1 Å². The van der Waals surface area contributed by atoms with E-state index in [1.54, 1.807) is 18.2 Å². The Balaban J connectivity index is 1.58. The van der Waals surface area contributed by atoms with Crippen molar-refractivity contribution in [1.29, 1.82) is 0 Å². The lowest BCUT2D eigenvalue weighted by molar-refractivity contribution is -0.137. The quantitative estimate of drug-likeness (QED) is 0.750. The van der Waals surface area contributed by atoms with Gasteiger partial charge in [-0.1, -0.05) is 0 Å². The van der Waals surface area contributed by atoms with E-state index >= 15 is 0 Å². The number of hydrogen-bond donors (Lipinski definition) is 1. The molecule has 0 radical (unpaired) electrons. The zero-order chi connectivity index (χ0) is 19.0. The molecular formula is C19H15F3N2O3. The number of nitrogens with one attached hydrogen (secondary N) is 1. The van der Waals surface area contributed by atoms with Crippen molar-refractivity contribution in [2.75, 3.05) is 13.2 Å². The van der Waals surface area contributed by atoms with E-state index in [1.807, 2.05) is 0 Å². The van der Waals surface area contributed by atoms with E-state index in [0.717, 1.165) is 18.6 Å². The van der Waals surface area contributed by atoms with Crippen molar-refractivity contribution in [3.63, 3.8) is 0 Å². The van der Waals surface area contributed by atoms with Gasteiger partial charge in [0.05, 0.1) is 18.2 Å². The SMILES string of the molecule is O=C(N[C@H]1CCOC1)c1ccc2oc(-c3ccc(C(F)(F)F)cc3)nc2c1. The van der Waals surface area contributed by atoms with Gasteiger partial charge in [-0.25, -0.2) is 4.98 Å². The highest BCUT2D eigenvalue weighted by atomic mass is 19.4. The first kappa shape index (κ1) is 17.5. The summed E-state index contributed by atoms with van der Waals surface area (Å²) < 4.78 is 48.8. The molecule has 3 aromatic rings. The van der Waals surface area contributed by atoms with Crippen molar-refractivity contribution >= 4 is 17.0 Å². The maximum absolute atomic E-state index is 12.7. The summed E-state index contributed by atoms with van der Waals surface area (Å²) in [6.45, 7) is 1.12. The van der Waals surface area contributed by atoms with Gasteiger partial charge >= 0.3 is 6.18 Å². The lowest BCUT2D eigenvalue weighted by Gasteiger charge is -2.10. The van der Waals surface area contributed by atoms with Gasteiger partial charge in [0, 0.05) is 17.7 Å². The lowest BCUT2D eigenvalue weighted by atomic mass is 10.1. The number of ether oxygens (including phenoxy) is 1. The van der Waals surface area contributed by atoms with Gasteiger partial charge in [-0.3, -0.25) is 4.79 Å². The first-order valence-electron chi connectivity index (χ1n) is 8.37. The Bertz CT molecular complexity index is 974. The normalized spacial score (nSPS) is 17.4. The third kappa shape index (κ3) is 3.66. The van der Waals surface area contributed by atoms with Crippen LogP contribution in [0.1, 0.15) is 22.3 Å². The van der Waals surface area contributed by atoms with E-state index < -0.39 is 11.7 Å². The van der Waals surface area contributed by atoms with Crippen LogP contribution in [0.25, 0.3) is 22.6 Å². The van der Waals surface area contributed by atoms with Crippen LogP contribution in [0.15, 0.2) is 46.9 Å². The minimum atomic E-state index is -4.40. The summed E-state index contributed by atoms with van der Waals surface area (Å²) in [4.78, 5) is 16.6. The first-order chi connectivity index (χ1) is 12.9. The van der Waals surface area contributed by atoms with Gasteiger partial charge < -0.3 is 14.5 Å². The number of benzene rings is 2. The molecule has 1 fully saturated rings. The van der Waals surface area contributed by atoms with Gasteiger partial charge in [-0.15, -0.1) is 0 Å². The number of oxazole rings is 1. The number of fused-ring (bicyclic) bond motifs is 1. The number of carbonyl (C=O) groups excluding carboxylic acids is 1. The van der Waals surface area contributed by atoms with Gasteiger partial charge in [0.25, 0.3) is 5.91 Å². The second-order valence-electron chi connectivity index (χ2n) is 6.31. The molecule has 1 saturated heterocycles. The van der Waals surface area contributed by atoms with Crippen LogP contribution < -0.4 is 5.32 Å². The van der Waals surface area contributed by atoms with Gasteiger partial charge in [0.2, 0.25) is 5.89 Å². The summed E-state index contributed by atoms with van der Waals surface area (Å²) in [6, 6.07) is 9.40. The predicted octanol–water partition coefficient (Wildman–Crippen LogP) is 4.03. The Labute approximate surface area is 152 Å². The molecular weight excluding hydrogens is 361 g/mol. The molecule has 0 bridgehead atoms. The van der Waals surface area contributed by atoms with Crippen LogP contribution in [0.2, 0.25) is 0 Å². The number of alkyl halides is 3. The zero-order valence-electron chi connectivity index (χ0n) is 14.0. The zero-order valence-corrected chi connectivity index (χ0v) is 14.0. The highest BCUT2D eigenvalue weighted by Gasteiger charge is 2.30. The molecule has 0 spiro atoms. The fourth-order valence-corrected chi connectivity index (χ4v) is 2.91. The summed E-state index contributed by atoms with van der Waals surface area (Å²) in [5, 5.41) is 2.89. The van der Waals surface area contributed by atoms with Crippen molar-refractivity contribution in [3.8, 4) is 11.5 Å². The number of carbonyl (C=O) groups is 1. The minimum Gasteiger partial charge on any atom is -0.436 e. The molecule has 1 amide bonds.